The molecule has 1 aliphatic rings. The lowest BCUT2D eigenvalue weighted by Gasteiger charge is -2.10. The Kier molecular flexibility index (Phi) is 1.84. The molecular weight excluding hydrogens is 172 g/mol. The zero-order valence-electron chi connectivity index (χ0n) is 6.90. The molecule has 1 fully saturated rings. The van der Waals surface area contributed by atoms with E-state index in [1.807, 2.05) is 0 Å². The van der Waals surface area contributed by atoms with Crippen molar-refractivity contribution < 1.29 is 14.1 Å². The first kappa shape index (κ1) is 7.97. The summed E-state index contributed by atoms with van der Waals surface area (Å²) in [7, 11) is 0. The maximum absolute atomic E-state index is 11.2. The summed E-state index contributed by atoms with van der Waals surface area (Å²) in [5, 5.41) is 3.51. The highest BCUT2D eigenvalue weighted by Gasteiger charge is 2.27. The van der Waals surface area contributed by atoms with E-state index >= 15 is 0 Å². The molecule has 0 atom stereocenters. The molecule has 2 heterocycles. The number of Topliss-reactive ketones (excluding diaryl/α,β-unsaturated/α-hetero) is 1. The lowest BCUT2D eigenvalue weighted by Crippen LogP contribution is -2.24. The Hall–Kier alpha value is -1.65. The van der Waals surface area contributed by atoms with Crippen molar-refractivity contribution in [2.75, 3.05) is 6.54 Å². The molecule has 0 aliphatic carbocycles. The Labute approximate surface area is 74.3 Å². The zero-order valence-corrected chi connectivity index (χ0v) is 6.90. The second-order valence-electron chi connectivity index (χ2n) is 2.94. The molecule has 1 aromatic rings. The Morgan fingerprint density at radius 1 is 1.54 bits per heavy atom. The van der Waals surface area contributed by atoms with Crippen LogP contribution in [0, 0.1) is 0 Å². The third kappa shape index (κ3) is 1.58. The number of hydrogen-bond donors (Lipinski definition) is 0. The number of rotatable bonds is 2. The maximum Gasteiger partial charge on any atom is 0.230 e. The SMILES string of the molecule is O=C1CC(=O)N(Cc2ccno2)C1. The molecule has 1 aromatic heterocycles. The lowest BCUT2D eigenvalue weighted by molar-refractivity contribution is -0.128. The van der Waals surface area contributed by atoms with Gasteiger partial charge in [-0.3, -0.25) is 9.59 Å². The van der Waals surface area contributed by atoms with Crippen LogP contribution in [0.4, 0.5) is 0 Å². The minimum Gasteiger partial charge on any atom is -0.360 e. The van der Waals surface area contributed by atoms with E-state index in [-0.39, 0.29) is 24.7 Å². The number of hydrogen-bond acceptors (Lipinski definition) is 4. The normalized spacial score (nSPS) is 17.1. The molecule has 0 spiro atoms. The molecule has 5 heteroatoms. The third-order valence-electron chi connectivity index (χ3n) is 1.91. The van der Waals surface area contributed by atoms with Gasteiger partial charge >= 0.3 is 0 Å². The quantitative estimate of drug-likeness (QED) is 0.600. The third-order valence-corrected chi connectivity index (χ3v) is 1.91. The van der Waals surface area contributed by atoms with E-state index in [2.05, 4.69) is 5.16 Å². The number of likely N-dealkylation sites (tertiary alicyclic amines) is 1. The van der Waals surface area contributed by atoms with Crippen molar-refractivity contribution >= 4 is 11.7 Å². The largest absolute Gasteiger partial charge is 0.360 e. The van der Waals surface area contributed by atoms with Crippen LogP contribution in [0.25, 0.3) is 0 Å². The smallest absolute Gasteiger partial charge is 0.230 e. The summed E-state index contributed by atoms with van der Waals surface area (Å²) in [6, 6.07) is 1.68. The highest BCUT2D eigenvalue weighted by atomic mass is 16.5. The van der Waals surface area contributed by atoms with Gasteiger partial charge in [0.05, 0.1) is 25.7 Å². The Balaban J connectivity index is 2.03. The van der Waals surface area contributed by atoms with Crippen molar-refractivity contribution in [1.82, 2.24) is 10.1 Å². The fourth-order valence-corrected chi connectivity index (χ4v) is 1.29. The molecule has 1 amide bonds. The molecule has 0 saturated carbocycles. The van der Waals surface area contributed by atoms with Crippen LogP contribution in [0.1, 0.15) is 12.2 Å². The summed E-state index contributed by atoms with van der Waals surface area (Å²) in [6.45, 7) is 0.532. The molecule has 13 heavy (non-hydrogen) atoms. The van der Waals surface area contributed by atoms with Gasteiger partial charge in [0.25, 0.3) is 0 Å². The molecule has 0 bridgehead atoms. The average molecular weight is 180 g/mol. The van der Waals surface area contributed by atoms with E-state index in [4.69, 9.17) is 4.52 Å². The zero-order chi connectivity index (χ0) is 9.26. The Morgan fingerprint density at radius 3 is 2.92 bits per heavy atom. The summed E-state index contributed by atoms with van der Waals surface area (Å²) < 4.78 is 4.82. The van der Waals surface area contributed by atoms with Crippen LogP contribution < -0.4 is 0 Å². The number of ketones is 1. The predicted molar refractivity (Wildman–Crippen MR) is 41.5 cm³/mol. The van der Waals surface area contributed by atoms with Crippen LogP contribution in [0.3, 0.4) is 0 Å². The van der Waals surface area contributed by atoms with Gasteiger partial charge in [-0.25, -0.2) is 0 Å². The van der Waals surface area contributed by atoms with Crippen LogP contribution in [0.5, 0.6) is 0 Å². The van der Waals surface area contributed by atoms with Crippen LogP contribution in [0.15, 0.2) is 16.8 Å². The van der Waals surface area contributed by atoms with Gasteiger partial charge in [0.2, 0.25) is 5.91 Å². The van der Waals surface area contributed by atoms with Crippen molar-refractivity contribution in [3.63, 3.8) is 0 Å². The van der Waals surface area contributed by atoms with Crippen LogP contribution >= 0.6 is 0 Å². The molecule has 2 rings (SSSR count). The molecule has 0 radical (unpaired) electrons. The molecule has 68 valence electrons. The van der Waals surface area contributed by atoms with Gasteiger partial charge in [0.1, 0.15) is 0 Å². The summed E-state index contributed by atoms with van der Waals surface area (Å²) in [6.07, 6.45) is 1.53. The lowest BCUT2D eigenvalue weighted by atomic mass is 10.3. The van der Waals surface area contributed by atoms with Crippen LogP contribution in [-0.4, -0.2) is 28.3 Å². The van der Waals surface area contributed by atoms with Gasteiger partial charge < -0.3 is 9.42 Å². The van der Waals surface area contributed by atoms with E-state index in [9.17, 15) is 9.59 Å². The first-order valence-corrected chi connectivity index (χ1v) is 3.95. The van der Waals surface area contributed by atoms with Crippen molar-refractivity contribution in [2.24, 2.45) is 0 Å². The minimum absolute atomic E-state index is 0.0220. The van der Waals surface area contributed by atoms with Crippen molar-refractivity contribution in [1.29, 1.82) is 0 Å². The summed E-state index contributed by atoms with van der Waals surface area (Å²) in [4.78, 5) is 23.5. The minimum atomic E-state index is -0.138. The topological polar surface area (TPSA) is 63.4 Å². The number of nitrogens with zero attached hydrogens (tertiary/aromatic N) is 2. The van der Waals surface area contributed by atoms with Crippen LogP contribution in [-0.2, 0) is 16.1 Å². The highest BCUT2D eigenvalue weighted by Crippen LogP contribution is 2.11. The molecule has 0 unspecified atom stereocenters. The average Bonchev–Trinajstić information content (AvgIpc) is 2.63. The van der Waals surface area contributed by atoms with Gasteiger partial charge in [-0.1, -0.05) is 5.16 Å². The van der Waals surface area contributed by atoms with E-state index in [0.717, 1.165) is 0 Å². The number of carbonyl (C=O) groups excluding carboxylic acids is 2. The number of carbonyl (C=O) groups is 2. The molecule has 0 aromatic carbocycles. The second-order valence-corrected chi connectivity index (χ2v) is 2.94. The van der Waals surface area contributed by atoms with E-state index in [1.54, 1.807) is 6.07 Å². The molecule has 1 saturated heterocycles. The van der Waals surface area contributed by atoms with Gasteiger partial charge in [0, 0.05) is 6.07 Å². The second kappa shape index (κ2) is 3.01. The van der Waals surface area contributed by atoms with Gasteiger partial charge in [0.15, 0.2) is 11.5 Å². The van der Waals surface area contributed by atoms with E-state index in [1.165, 1.54) is 11.1 Å². The van der Waals surface area contributed by atoms with Crippen LogP contribution in [0.2, 0.25) is 0 Å². The van der Waals surface area contributed by atoms with E-state index < -0.39 is 0 Å². The maximum atomic E-state index is 11.2. The van der Waals surface area contributed by atoms with Crippen molar-refractivity contribution in [3.05, 3.63) is 18.0 Å². The predicted octanol–water partition coefficient (Wildman–Crippen LogP) is -0.0240. The molecular formula is C8H8N2O3. The Bertz CT molecular complexity index is 331. The number of amides is 1. The summed E-state index contributed by atoms with van der Waals surface area (Å²) in [5.41, 5.74) is 0. The van der Waals surface area contributed by atoms with Gasteiger partial charge in [-0.15, -0.1) is 0 Å². The Morgan fingerprint density at radius 2 is 2.38 bits per heavy atom. The fourth-order valence-electron chi connectivity index (χ4n) is 1.29. The molecule has 1 aliphatic heterocycles. The molecule has 5 nitrogen and oxygen atoms in total. The van der Waals surface area contributed by atoms with Crippen molar-refractivity contribution in [2.45, 2.75) is 13.0 Å². The standard InChI is InChI=1S/C8H8N2O3/c11-6-3-8(12)10(4-6)5-7-1-2-9-13-7/h1-2H,3-5H2. The summed E-state index contributed by atoms with van der Waals surface area (Å²) in [5.74, 6) is 0.425. The van der Waals surface area contributed by atoms with Crippen molar-refractivity contribution in [3.8, 4) is 0 Å². The fraction of sp³-hybridized carbons (Fsp3) is 0.375. The van der Waals surface area contributed by atoms with Gasteiger partial charge in [-0.2, -0.15) is 0 Å². The highest BCUT2D eigenvalue weighted by molar-refractivity contribution is 6.05. The first-order chi connectivity index (χ1) is 6.25. The monoisotopic (exact) mass is 180 g/mol. The summed E-state index contributed by atoms with van der Waals surface area (Å²) >= 11 is 0. The van der Waals surface area contributed by atoms with Gasteiger partial charge in [-0.05, 0) is 0 Å². The van der Waals surface area contributed by atoms with E-state index in [0.29, 0.717) is 12.3 Å². The number of aromatic nitrogens is 1. The first-order valence-electron chi connectivity index (χ1n) is 3.95. The molecule has 0 N–H and O–H groups in total.